The normalized spacial score (nSPS) is 13.4. The van der Waals surface area contributed by atoms with Crippen LogP contribution in [0.4, 0.5) is 0 Å². The van der Waals surface area contributed by atoms with Crippen LogP contribution < -0.4 is 0 Å². The highest BCUT2D eigenvalue weighted by atomic mass is 16.5. The predicted octanol–water partition coefficient (Wildman–Crippen LogP) is 1.39. The van der Waals surface area contributed by atoms with Crippen molar-refractivity contribution >= 4 is 11.9 Å². The summed E-state index contributed by atoms with van der Waals surface area (Å²) in [7, 11) is 0. The molecule has 6 heteroatoms. The van der Waals surface area contributed by atoms with E-state index in [0.29, 0.717) is 18.7 Å². The number of nitrogens with zero attached hydrogens (tertiary/aromatic N) is 3. The molecule has 0 saturated carbocycles. The molecule has 1 amide bonds. The molecule has 2 aromatic rings. The molecule has 0 spiro atoms. The standard InChI is InChI=1S/C15H15N3O3/c1-2-21-14(19)10-17-9-13-12(15(17)20)8-16-18(13)11-6-4-3-5-7-11/h3-8H,2,9-10H2,1H3. The number of hydrogen-bond acceptors (Lipinski definition) is 4. The van der Waals surface area contributed by atoms with Crippen molar-refractivity contribution in [3.05, 3.63) is 47.8 Å². The lowest BCUT2D eigenvalue weighted by atomic mass is 10.2. The average Bonchev–Trinajstić information content (AvgIpc) is 3.02. The van der Waals surface area contributed by atoms with Crippen LogP contribution in [0.15, 0.2) is 36.5 Å². The maximum atomic E-state index is 12.2. The van der Waals surface area contributed by atoms with Gasteiger partial charge >= 0.3 is 5.97 Å². The van der Waals surface area contributed by atoms with Crippen LogP contribution in [0, 0.1) is 0 Å². The van der Waals surface area contributed by atoms with E-state index in [9.17, 15) is 9.59 Å². The molecule has 0 N–H and O–H groups in total. The number of amides is 1. The molecule has 0 saturated heterocycles. The molecule has 2 heterocycles. The fourth-order valence-corrected chi connectivity index (χ4v) is 2.41. The summed E-state index contributed by atoms with van der Waals surface area (Å²) in [6.07, 6.45) is 1.55. The summed E-state index contributed by atoms with van der Waals surface area (Å²) in [6.45, 7) is 2.38. The van der Waals surface area contributed by atoms with E-state index in [1.165, 1.54) is 4.90 Å². The Morgan fingerprint density at radius 1 is 1.33 bits per heavy atom. The maximum Gasteiger partial charge on any atom is 0.325 e. The van der Waals surface area contributed by atoms with Crippen molar-refractivity contribution in [3.8, 4) is 5.69 Å². The molecule has 1 aliphatic heterocycles. The zero-order valence-electron chi connectivity index (χ0n) is 11.7. The first-order valence-corrected chi connectivity index (χ1v) is 6.78. The Balaban J connectivity index is 1.84. The van der Waals surface area contributed by atoms with Crippen LogP contribution in [0.25, 0.3) is 5.69 Å². The van der Waals surface area contributed by atoms with Gasteiger partial charge < -0.3 is 9.64 Å². The molecule has 1 aliphatic rings. The molecule has 1 aromatic carbocycles. The van der Waals surface area contributed by atoms with Gasteiger partial charge in [0.25, 0.3) is 5.91 Å². The number of para-hydroxylation sites is 1. The summed E-state index contributed by atoms with van der Waals surface area (Å²) in [6, 6.07) is 9.59. The minimum atomic E-state index is -0.393. The van der Waals surface area contributed by atoms with Crippen LogP contribution >= 0.6 is 0 Å². The Labute approximate surface area is 121 Å². The van der Waals surface area contributed by atoms with E-state index < -0.39 is 5.97 Å². The van der Waals surface area contributed by atoms with Crippen molar-refractivity contribution in [3.63, 3.8) is 0 Å². The molecule has 3 rings (SSSR count). The number of carbonyl (C=O) groups excluding carboxylic acids is 2. The van der Waals surface area contributed by atoms with Gasteiger partial charge in [-0.25, -0.2) is 4.68 Å². The number of fused-ring (bicyclic) bond motifs is 1. The van der Waals surface area contributed by atoms with Gasteiger partial charge in [0.2, 0.25) is 0 Å². The second-order valence-corrected chi connectivity index (χ2v) is 4.72. The third kappa shape index (κ3) is 2.40. The van der Waals surface area contributed by atoms with E-state index in [4.69, 9.17) is 4.74 Å². The van der Waals surface area contributed by atoms with Crippen LogP contribution in [-0.2, 0) is 16.1 Å². The molecular formula is C15H15N3O3. The molecule has 108 valence electrons. The molecule has 0 aliphatic carbocycles. The summed E-state index contributed by atoms with van der Waals surface area (Å²) in [4.78, 5) is 25.3. The Hall–Kier alpha value is -2.63. The predicted molar refractivity (Wildman–Crippen MR) is 74.9 cm³/mol. The van der Waals surface area contributed by atoms with Gasteiger partial charge in [0.15, 0.2) is 0 Å². The Morgan fingerprint density at radius 3 is 2.81 bits per heavy atom. The van der Waals surface area contributed by atoms with Crippen molar-refractivity contribution < 1.29 is 14.3 Å². The second kappa shape index (κ2) is 5.40. The van der Waals surface area contributed by atoms with Crippen molar-refractivity contribution in [1.82, 2.24) is 14.7 Å². The van der Waals surface area contributed by atoms with Gasteiger partial charge in [-0.3, -0.25) is 9.59 Å². The van der Waals surface area contributed by atoms with E-state index >= 15 is 0 Å². The van der Waals surface area contributed by atoms with Crippen LogP contribution in [0.2, 0.25) is 0 Å². The first-order valence-electron chi connectivity index (χ1n) is 6.78. The first-order chi connectivity index (χ1) is 10.2. The van der Waals surface area contributed by atoms with Crippen LogP contribution in [-0.4, -0.2) is 39.7 Å². The molecule has 0 unspecified atom stereocenters. The molecule has 6 nitrogen and oxygen atoms in total. The minimum absolute atomic E-state index is 0.0316. The Bertz CT molecular complexity index is 679. The molecular weight excluding hydrogens is 270 g/mol. The average molecular weight is 285 g/mol. The van der Waals surface area contributed by atoms with E-state index in [1.807, 2.05) is 30.3 Å². The zero-order valence-corrected chi connectivity index (χ0v) is 11.7. The molecule has 1 aromatic heterocycles. The quantitative estimate of drug-likeness (QED) is 0.796. The number of hydrogen-bond donors (Lipinski definition) is 0. The summed E-state index contributed by atoms with van der Waals surface area (Å²) in [5.74, 6) is -0.574. The lowest BCUT2D eigenvalue weighted by molar-refractivity contribution is -0.143. The highest BCUT2D eigenvalue weighted by molar-refractivity contribution is 5.99. The molecule has 0 atom stereocenters. The fourth-order valence-electron chi connectivity index (χ4n) is 2.41. The molecule has 0 radical (unpaired) electrons. The first kappa shape index (κ1) is 13.4. The highest BCUT2D eigenvalue weighted by Gasteiger charge is 2.33. The minimum Gasteiger partial charge on any atom is -0.465 e. The van der Waals surface area contributed by atoms with Gasteiger partial charge in [0.1, 0.15) is 6.54 Å². The van der Waals surface area contributed by atoms with Crippen molar-refractivity contribution in [2.45, 2.75) is 13.5 Å². The Morgan fingerprint density at radius 2 is 2.10 bits per heavy atom. The fraction of sp³-hybridized carbons (Fsp3) is 0.267. The van der Waals surface area contributed by atoms with Crippen molar-refractivity contribution in [2.24, 2.45) is 0 Å². The zero-order chi connectivity index (χ0) is 14.8. The molecule has 0 bridgehead atoms. The van der Waals surface area contributed by atoms with Gasteiger partial charge in [0.05, 0.1) is 36.3 Å². The summed E-state index contributed by atoms with van der Waals surface area (Å²) in [5.41, 5.74) is 2.24. The van der Waals surface area contributed by atoms with Gasteiger partial charge in [-0.15, -0.1) is 0 Å². The monoisotopic (exact) mass is 285 g/mol. The molecule has 0 fully saturated rings. The van der Waals surface area contributed by atoms with Gasteiger partial charge in [-0.1, -0.05) is 18.2 Å². The summed E-state index contributed by atoms with van der Waals surface area (Å²) in [5, 5.41) is 4.26. The second-order valence-electron chi connectivity index (χ2n) is 4.72. The smallest absolute Gasteiger partial charge is 0.325 e. The maximum absolute atomic E-state index is 12.2. The third-order valence-electron chi connectivity index (χ3n) is 3.35. The van der Waals surface area contributed by atoms with Gasteiger partial charge in [-0.2, -0.15) is 5.10 Å². The van der Waals surface area contributed by atoms with Crippen molar-refractivity contribution in [1.29, 1.82) is 0 Å². The van der Waals surface area contributed by atoms with Crippen molar-refractivity contribution in [2.75, 3.05) is 13.2 Å². The van der Waals surface area contributed by atoms with E-state index in [1.54, 1.807) is 17.8 Å². The summed E-state index contributed by atoms with van der Waals surface area (Å²) < 4.78 is 6.62. The highest BCUT2D eigenvalue weighted by Crippen LogP contribution is 2.24. The summed E-state index contributed by atoms with van der Waals surface area (Å²) >= 11 is 0. The van der Waals surface area contributed by atoms with E-state index in [-0.39, 0.29) is 12.5 Å². The topological polar surface area (TPSA) is 64.4 Å². The van der Waals surface area contributed by atoms with Crippen LogP contribution in [0.5, 0.6) is 0 Å². The SMILES string of the molecule is CCOC(=O)CN1Cc2c(cnn2-c2ccccc2)C1=O. The van der Waals surface area contributed by atoms with Crippen LogP contribution in [0.3, 0.4) is 0 Å². The lowest BCUT2D eigenvalue weighted by Gasteiger charge is -2.15. The lowest BCUT2D eigenvalue weighted by Crippen LogP contribution is -2.31. The molecule has 21 heavy (non-hydrogen) atoms. The number of ether oxygens (including phenoxy) is 1. The number of rotatable bonds is 4. The van der Waals surface area contributed by atoms with Gasteiger partial charge in [-0.05, 0) is 19.1 Å². The number of esters is 1. The number of carbonyl (C=O) groups is 2. The van der Waals surface area contributed by atoms with E-state index in [0.717, 1.165) is 11.4 Å². The van der Waals surface area contributed by atoms with E-state index in [2.05, 4.69) is 5.10 Å². The Kier molecular flexibility index (Phi) is 3.43. The largest absolute Gasteiger partial charge is 0.465 e. The van der Waals surface area contributed by atoms with Crippen LogP contribution in [0.1, 0.15) is 23.0 Å². The third-order valence-corrected chi connectivity index (χ3v) is 3.35. The number of benzene rings is 1. The number of aromatic nitrogens is 2. The van der Waals surface area contributed by atoms with Gasteiger partial charge in [0, 0.05) is 0 Å².